The fourth-order valence-electron chi connectivity index (χ4n) is 1.83. The second-order valence-corrected chi connectivity index (χ2v) is 3.49. The molecule has 0 amide bonds. The van der Waals surface area contributed by atoms with Gasteiger partial charge in [0.2, 0.25) is 0 Å². The van der Waals surface area contributed by atoms with Crippen LogP contribution in [-0.4, -0.2) is 0 Å². The summed E-state index contributed by atoms with van der Waals surface area (Å²) in [7, 11) is 0. The topological polar surface area (TPSA) is 23.8 Å². The maximum atomic E-state index is 8.76. The fourth-order valence-corrected chi connectivity index (χ4v) is 1.83. The molecule has 0 radical (unpaired) electrons. The van der Waals surface area contributed by atoms with Crippen molar-refractivity contribution in [2.45, 2.75) is 6.92 Å². The van der Waals surface area contributed by atoms with Gasteiger partial charge in [0.15, 0.2) is 0 Å². The number of hydrogen-bond acceptors (Lipinski definition) is 1. The highest BCUT2D eigenvalue weighted by molar-refractivity contribution is 5.42. The highest BCUT2D eigenvalue weighted by Crippen LogP contribution is 2.32. The van der Waals surface area contributed by atoms with Gasteiger partial charge in [-0.05, 0) is 13.0 Å². The van der Waals surface area contributed by atoms with Crippen LogP contribution in [0.2, 0.25) is 0 Å². The minimum absolute atomic E-state index is 0.407. The molecule has 0 spiro atoms. The van der Waals surface area contributed by atoms with Crippen molar-refractivity contribution in [2.75, 3.05) is 0 Å². The van der Waals surface area contributed by atoms with E-state index < -0.39 is 0 Å². The van der Waals surface area contributed by atoms with E-state index in [9.17, 15) is 0 Å². The van der Waals surface area contributed by atoms with Crippen molar-refractivity contribution in [3.63, 3.8) is 0 Å². The molecule has 2 aliphatic carbocycles. The number of hydrogen-bond donors (Lipinski definition) is 0. The number of fused-ring (bicyclic) bond motifs is 1. The van der Waals surface area contributed by atoms with Crippen molar-refractivity contribution < 1.29 is 0 Å². The summed E-state index contributed by atoms with van der Waals surface area (Å²) < 4.78 is 0. The number of rotatable bonds is 0. The number of nitriles is 1. The Bertz CT molecular complexity index is 374. The lowest BCUT2D eigenvalue weighted by molar-refractivity contribution is 0.621. The molecule has 64 valence electrons. The zero-order valence-electron chi connectivity index (χ0n) is 7.57. The van der Waals surface area contributed by atoms with E-state index in [0.29, 0.717) is 11.8 Å². The van der Waals surface area contributed by atoms with Gasteiger partial charge in [0.25, 0.3) is 0 Å². The third-order valence-electron chi connectivity index (χ3n) is 2.62. The first-order chi connectivity index (χ1) is 6.31. The van der Waals surface area contributed by atoms with Crippen LogP contribution in [0.5, 0.6) is 0 Å². The van der Waals surface area contributed by atoms with Crippen molar-refractivity contribution in [1.29, 1.82) is 5.26 Å². The third-order valence-corrected chi connectivity index (χ3v) is 2.62. The van der Waals surface area contributed by atoms with Crippen molar-refractivity contribution >= 4 is 0 Å². The van der Waals surface area contributed by atoms with Crippen LogP contribution in [0.3, 0.4) is 0 Å². The highest BCUT2D eigenvalue weighted by Gasteiger charge is 2.21. The molecule has 0 N–H and O–H groups in total. The van der Waals surface area contributed by atoms with E-state index in [1.807, 2.05) is 6.08 Å². The van der Waals surface area contributed by atoms with Crippen LogP contribution in [0.4, 0.5) is 0 Å². The van der Waals surface area contributed by atoms with E-state index >= 15 is 0 Å². The van der Waals surface area contributed by atoms with Crippen molar-refractivity contribution in [2.24, 2.45) is 11.8 Å². The lowest BCUT2D eigenvalue weighted by Crippen LogP contribution is -2.15. The molecule has 0 aliphatic heterocycles. The van der Waals surface area contributed by atoms with E-state index in [0.717, 1.165) is 5.57 Å². The number of allylic oxidation sites excluding steroid dienone is 8. The Morgan fingerprint density at radius 1 is 1.38 bits per heavy atom. The Morgan fingerprint density at radius 2 is 2.23 bits per heavy atom. The summed E-state index contributed by atoms with van der Waals surface area (Å²) in [5.41, 5.74) is 2.12. The molecular formula is C12H11N. The quantitative estimate of drug-likeness (QED) is 0.547. The predicted molar refractivity (Wildman–Crippen MR) is 52.7 cm³/mol. The van der Waals surface area contributed by atoms with E-state index in [2.05, 4.69) is 43.4 Å². The van der Waals surface area contributed by atoms with E-state index in [1.165, 1.54) is 5.57 Å². The van der Waals surface area contributed by atoms with Crippen LogP contribution >= 0.6 is 0 Å². The Kier molecular flexibility index (Phi) is 1.90. The second-order valence-electron chi connectivity index (χ2n) is 3.49. The summed E-state index contributed by atoms with van der Waals surface area (Å²) in [6.07, 6.45) is 12.5. The molecule has 0 aromatic carbocycles. The van der Waals surface area contributed by atoms with Crippen molar-refractivity contribution in [3.05, 3.63) is 47.6 Å². The van der Waals surface area contributed by atoms with Gasteiger partial charge in [0.1, 0.15) is 0 Å². The molecule has 13 heavy (non-hydrogen) atoms. The SMILES string of the molecule is CC1=CC=CC2C=CC(C#N)=CC12. The summed E-state index contributed by atoms with van der Waals surface area (Å²) in [6, 6.07) is 2.18. The highest BCUT2D eigenvalue weighted by atomic mass is 14.3. The Morgan fingerprint density at radius 3 is 3.00 bits per heavy atom. The van der Waals surface area contributed by atoms with Gasteiger partial charge in [-0.2, -0.15) is 5.26 Å². The molecular weight excluding hydrogens is 158 g/mol. The van der Waals surface area contributed by atoms with Crippen LogP contribution in [0.1, 0.15) is 6.92 Å². The minimum Gasteiger partial charge on any atom is -0.192 e. The molecule has 2 unspecified atom stereocenters. The van der Waals surface area contributed by atoms with Gasteiger partial charge in [0.05, 0.1) is 6.07 Å². The molecule has 0 heterocycles. The first-order valence-electron chi connectivity index (χ1n) is 4.46. The third kappa shape index (κ3) is 1.36. The molecule has 2 rings (SSSR count). The van der Waals surface area contributed by atoms with Gasteiger partial charge in [-0.3, -0.25) is 0 Å². The second kappa shape index (κ2) is 3.06. The monoisotopic (exact) mass is 169 g/mol. The maximum absolute atomic E-state index is 8.76. The largest absolute Gasteiger partial charge is 0.192 e. The van der Waals surface area contributed by atoms with Gasteiger partial charge in [-0.1, -0.05) is 36.0 Å². The average molecular weight is 169 g/mol. The zero-order chi connectivity index (χ0) is 9.26. The fraction of sp³-hybridized carbons (Fsp3) is 0.250. The lowest BCUT2D eigenvalue weighted by atomic mass is 9.79. The average Bonchev–Trinajstić information content (AvgIpc) is 2.18. The first kappa shape index (κ1) is 8.07. The normalized spacial score (nSPS) is 30.2. The van der Waals surface area contributed by atoms with Gasteiger partial charge >= 0.3 is 0 Å². The first-order valence-corrected chi connectivity index (χ1v) is 4.46. The predicted octanol–water partition coefficient (Wildman–Crippen LogP) is 2.75. The van der Waals surface area contributed by atoms with Crippen molar-refractivity contribution in [1.82, 2.24) is 0 Å². The molecule has 0 aromatic rings. The molecule has 2 aliphatic rings. The summed E-state index contributed by atoms with van der Waals surface area (Å²) >= 11 is 0. The van der Waals surface area contributed by atoms with Crippen LogP contribution in [0, 0.1) is 23.2 Å². The van der Waals surface area contributed by atoms with E-state index in [-0.39, 0.29) is 0 Å². The molecule has 1 nitrogen and oxygen atoms in total. The standard InChI is InChI=1S/C12H11N/c1-9-3-2-4-11-6-5-10(8-13)7-12(9)11/h2-7,11-12H,1H3. The van der Waals surface area contributed by atoms with Gasteiger partial charge in [-0.25, -0.2) is 0 Å². The van der Waals surface area contributed by atoms with Gasteiger partial charge in [-0.15, -0.1) is 0 Å². The van der Waals surface area contributed by atoms with E-state index in [1.54, 1.807) is 0 Å². The molecule has 0 fully saturated rings. The van der Waals surface area contributed by atoms with Gasteiger partial charge < -0.3 is 0 Å². The Hall–Kier alpha value is -1.55. The van der Waals surface area contributed by atoms with Gasteiger partial charge in [0, 0.05) is 17.4 Å². The Labute approximate surface area is 78.4 Å². The Balaban J connectivity index is 2.35. The zero-order valence-corrected chi connectivity index (χ0v) is 7.57. The van der Waals surface area contributed by atoms with Crippen LogP contribution < -0.4 is 0 Å². The molecule has 0 saturated heterocycles. The van der Waals surface area contributed by atoms with Crippen LogP contribution in [-0.2, 0) is 0 Å². The minimum atomic E-state index is 0.407. The molecule has 2 atom stereocenters. The number of nitrogens with zero attached hydrogens (tertiary/aromatic N) is 1. The molecule has 0 saturated carbocycles. The van der Waals surface area contributed by atoms with Crippen LogP contribution in [0.15, 0.2) is 47.6 Å². The lowest BCUT2D eigenvalue weighted by Gasteiger charge is -2.25. The molecule has 1 heteroatoms. The van der Waals surface area contributed by atoms with Crippen LogP contribution in [0.25, 0.3) is 0 Å². The van der Waals surface area contributed by atoms with Crippen molar-refractivity contribution in [3.8, 4) is 6.07 Å². The maximum Gasteiger partial charge on any atom is 0.0988 e. The summed E-state index contributed by atoms with van der Waals surface area (Å²) in [4.78, 5) is 0. The summed E-state index contributed by atoms with van der Waals surface area (Å²) in [5, 5.41) is 8.76. The summed E-state index contributed by atoms with van der Waals surface area (Å²) in [5.74, 6) is 0.867. The molecule has 0 bridgehead atoms. The summed E-state index contributed by atoms with van der Waals surface area (Å²) in [6.45, 7) is 2.12. The smallest absolute Gasteiger partial charge is 0.0988 e. The van der Waals surface area contributed by atoms with E-state index in [4.69, 9.17) is 5.26 Å². The molecule has 0 aromatic heterocycles.